The van der Waals surface area contributed by atoms with Gasteiger partial charge in [0.1, 0.15) is 18.5 Å². The summed E-state index contributed by atoms with van der Waals surface area (Å²) < 4.78 is 14.7. The molecule has 0 aliphatic carbocycles. The van der Waals surface area contributed by atoms with Gasteiger partial charge in [-0.3, -0.25) is 4.79 Å². The number of halogens is 1. The van der Waals surface area contributed by atoms with Crippen LogP contribution in [0.1, 0.15) is 41.5 Å². The molecule has 0 N–H and O–H groups in total. The largest absolute Gasteiger partial charge is 0.346 e. The number of β-lactam (4-membered cyclic amide) rings is 1. The third-order valence-corrected chi connectivity index (χ3v) is 6.53. The van der Waals surface area contributed by atoms with E-state index in [1.807, 2.05) is 11.8 Å². The van der Waals surface area contributed by atoms with Crippen LogP contribution in [0.3, 0.4) is 0 Å². The molecule has 0 unspecified atom stereocenters. The molecule has 2 aliphatic rings. The SMILES string of the molecule is Cc1ccc([C@@H]2[C@@H](c3ccc(F)cc3)C(=O)N2C2CCN(C(=O)n3cncn3)CC2)cc1. The van der Waals surface area contributed by atoms with E-state index in [9.17, 15) is 14.0 Å². The number of amides is 2. The lowest BCUT2D eigenvalue weighted by Crippen LogP contribution is -2.60. The van der Waals surface area contributed by atoms with Crippen molar-refractivity contribution in [2.24, 2.45) is 0 Å². The number of benzene rings is 2. The molecule has 2 aromatic carbocycles. The first-order valence-electron chi connectivity index (χ1n) is 10.8. The summed E-state index contributed by atoms with van der Waals surface area (Å²) in [6, 6.07) is 14.2. The number of carbonyl (C=O) groups excluding carboxylic acids is 2. The minimum absolute atomic E-state index is 0.0466. The van der Waals surface area contributed by atoms with E-state index in [0.717, 1.165) is 16.7 Å². The quantitative estimate of drug-likeness (QED) is 0.593. The van der Waals surface area contributed by atoms with E-state index in [0.29, 0.717) is 25.9 Å². The van der Waals surface area contributed by atoms with Crippen LogP contribution in [0.5, 0.6) is 0 Å². The Kier molecular flexibility index (Phi) is 5.20. The second kappa shape index (κ2) is 8.18. The summed E-state index contributed by atoms with van der Waals surface area (Å²) >= 11 is 0. The van der Waals surface area contributed by atoms with E-state index in [4.69, 9.17) is 0 Å². The van der Waals surface area contributed by atoms with Gasteiger partial charge < -0.3 is 9.80 Å². The highest BCUT2D eigenvalue weighted by molar-refractivity contribution is 5.92. The number of likely N-dealkylation sites (tertiary alicyclic amines) is 2. The molecular formula is C24H24FN5O2. The molecule has 1 aromatic heterocycles. The fourth-order valence-electron chi connectivity index (χ4n) is 4.82. The zero-order chi connectivity index (χ0) is 22.2. The summed E-state index contributed by atoms with van der Waals surface area (Å²) in [6.07, 6.45) is 4.13. The van der Waals surface area contributed by atoms with E-state index in [1.165, 1.54) is 29.5 Å². The monoisotopic (exact) mass is 433 g/mol. The number of hydrogen-bond acceptors (Lipinski definition) is 4. The van der Waals surface area contributed by atoms with Gasteiger partial charge in [-0.2, -0.15) is 9.78 Å². The molecule has 2 aliphatic heterocycles. The van der Waals surface area contributed by atoms with Gasteiger partial charge in [0.05, 0.1) is 12.0 Å². The average Bonchev–Trinajstić information content (AvgIpc) is 3.35. The van der Waals surface area contributed by atoms with Gasteiger partial charge in [0.25, 0.3) is 0 Å². The van der Waals surface area contributed by atoms with Crippen LogP contribution in [0, 0.1) is 12.7 Å². The van der Waals surface area contributed by atoms with Gasteiger partial charge in [-0.15, -0.1) is 0 Å². The summed E-state index contributed by atoms with van der Waals surface area (Å²) in [5.74, 6) is -0.579. The number of piperidine rings is 1. The summed E-state index contributed by atoms with van der Waals surface area (Å²) in [7, 11) is 0. The topological polar surface area (TPSA) is 71.3 Å². The number of carbonyl (C=O) groups is 2. The zero-order valence-corrected chi connectivity index (χ0v) is 17.8. The number of aromatic nitrogens is 3. The maximum Gasteiger partial charge on any atom is 0.346 e. The normalized spacial score (nSPS) is 21.5. The Morgan fingerprint density at radius 1 is 1.00 bits per heavy atom. The number of nitrogens with zero attached hydrogens (tertiary/aromatic N) is 5. The fourth-order valence-corrected chi connectivity index (χ4v) is 4.82. The summed E-state index contributed by atoms with van der Waals surface area (Å²) in [6.45, 7) is 3.14. The minimum Gasteiger partial charge on any atom is -0.331 e. The van der Waals surface area contributed by atoms with E-state index in [2.05, 4.69) is 34.3 Å². The second-order valence-corrected chi connectivity index (χ2v) is 8.47. The summed E-state index contributed by atoms with van der Waals surface area (Å²) in [5, 5.41) is 3.92. The average molecular weight is 433 g/mol. The predicted molar refractivity (Wildman–Crippen MR) is 115 cm³/mol. The van der Waals surface area contributed by atoms with Crippen molar-refractivity contribution in [1.29, 1.82) is 0 Å². The van der Waals surface area contributed by atoms with Gasteiger partial charge in [0.15, 0.2) is 0 Å². The standard InChI is InChI=1S/C24H24FN5O2/c1-16-2-4-18(5-3-16)22-21(17-6-8-19(25)9-7-17)23(31)30(22)20-10-12-28(13-11-20)24(32)29-15-26-14-27-29/h2-9,14-15,20-22H,10-13H2,1H3/t21-,22-/m1/s1. The van der Waals surface area contributed by atoms with Gasteiger partial charge >= 0.3 is 6.03 Å². The first kappa shape index (κ1) is 20.4. The summed E-state index contributed by atoms with van der Waals surface area (Å²) in [5.41, 5.74) is 3.06. The fraction of sp³-hybridized carbons (Fsp3) is 0.333. The van der Waals surface area contributed by atoms with Gasteiger partial charge in [0.2, 0.25) is 5.91 Å². The first-order chi connectivity index (χ1) is 15.5. The molecule has 7 nitrogen and oxygen atoms in total. The molecule has 164 valence electrons. The second-order valence-electron chi connectivity index (χ2n) is 8.47. The van der Waals surface area contributed by atoms with Crippen molar-refractivity contribution in [2.75, 3.05) is 13.1 Å². The molecule has 32 heavy (non-hydrogen) atoms. The molecule has 0 radical (unpaired) electrons. The van der Waals surface area contributed by atoms with Gasteiger partial charge in [-0.25, -0.2) is 14.2 Å². The van der Waals surface area contributed by atoms with Crippen molar-refractivity contribution in [3.05, 3.63) is 83.7 Å². The molecular weight excluding hydrogens is 409 g/mol. The van der Waals surface area contributed by atoms with E-state index in [1.54, 1.807) is 17.0 Å². The Morgan fingerprint density at radius 2 is 1.66 bits per heavy atom. The van der Waals surface area contributed by atoms with Crippen LogP contribution in [-0.4, -0.2) is 55.6 Å². The molecule has 2 saturated heterocycles. The van der Waals surface area contributed by atoms with Gasteiger partial charge in [0, 0.05) is 19.1 Å². The third-order valence-electron chi connectivity index (χ3n) is 6.53. The highest BCUT2D eigenvalue weighted by Gasteiger charge is 2.51. The van der Waals surface area contributed by atoms with Crippen molar-refractivity contribution in [1.82, 2.24) is 24.6 Å². The molecule has 0 spiro atoms. The summed E-state index contributed by atoms with van der Waals surface area (Å²) in [4.78, 5) is 33.4. The Bertz CT molecular complexity index is 1110. The number of rotatable bonds is 3. The van der Waals surface area contributed by atoms with Crippen LogP contribution in [0.15, 0.2) is 61.2 Å². The van der Waals surface area contributed by atoms with E-state index in [-0.39, 0.29) is 35.8 Å². The van der Waals surface area contributed by atoms with Gasteiger partial charge in [-0.05, 0) is 43.0 Å². The van der Waals surface area contributed by atoms with Crippen LogP contribution >= 0.6 is 0 Å². The van der Waals surface area contributed by atoms with Crippen molar-refractivity contribution in [3.63, 3.8) is 0 Å². The van der Waals surface area contributed by atoms with Crippen LogP contribution in [0.2, 0.25) is 0 Å². The number of aryl methyl sites for hydroxylation is 1. The van der Waals surface area contributed by atoms with Gasteiger partial charge in [-0.1, -0.05) is 42.0 Å². The van der Waals surface area contributed by atoms with Crippen molar-refractivity contribution in [3.8, 4) is 0 Å². The molecule has 2 fully saturated rings. The number of hydrogen-bond donors (Lipinski definition) is 0. The smallest absolute Gasteiger partial charge is 0.331 e. The highest BCUT2D eigenvalue weighted by Crippen LogP contribution is 2.49. The Balaban J connectivity index is 1.36. The molecule has 0 bridgehead atoms. The Hall–Kier alpha value is -3.55. The van der Waals surface area contributed by atoms with Crippen molar-refractivity contribution in [2.45, 2.75) is 37.8 Å². The third kappa shape index (κ3) is 3.55. The molecule has 3 heterocycles. The van der Waals surface area contributed by atoms with Crippen molar-refractivity contribution < 1.29 is 14.0 Å². The molecule has 3 aromatic rings. The molecule has 5 rings (SSSR count). The van der Waals surface area contributed by atoms with Crippen LogP contribution in [0.4, 0.5) is 9.18 Å². The maximum atomic E-state index is 13.5. The Morgan fingerprint density at radius 3 is 2.28 bits per heavy atom. The minimum atomic E-state index is -0.326. The lowest BCUT2D eigenvalue weighted by atomic mass is 9.75. The first-order valence-corrected chi connectivity index (χ1v) is 10.8. The van der Waals surface area contributed by atoms with E-state index < -0.39 is 0 Å². The van der Waals surface area contributed by atoms with E-state index >= 15 is 0 Å². The molecule has 8 heteroatoms. The maximum absolute atomic E-state index is 13.5. The van der Waals surface area contributed by atoms with Crippen LogP contribution in [-0.2, 0) is 4.79 Å². The van der Waals surface area contributed by atoms with Crippen molar-refractivity contribution >= 4 is 11.9 Å². The highest BCUT2D eigenvalue weighted by atomic mass is 19.1. The Labute approximate surface area is 185 Å². The lowest BCUT2D eigenvalue weighted by molar-refractivity contribution is -0.156. The lowest BCUT2D eigenvalue weighted by Gasteiger charge is -2.53. The van der Waals surface area contributed by atoms with Crippen LogP contribution in [0.25, 0.3) is 0 Å². The predicted octanol–water partition coefficient (Wildman–Crippen LogP) is 3.53. The zero-order valence-electron chi connectivity index (χ0n) is 17.8. The molecule has 2 amide bonds. The van der Waals surface area contributed by atoms with Crippen LogP contribution < -0.4 is 0 Å². The molecule has 2 atom stereocenters. The molecule has 0 saturated carbocycles.